The molecule has 1 aliphatic carbocycles. The molecule has 0 bridgehead atoms. The molecule has 2 rings (SSSR count). The lowest BCUT2D eigenvalue weighted by molar-refractivity contribution is 0.516. The van der Waals surface area contributed by atoms with E-state index in [9.17, 15) is 0 Å². The number of thioether (sulfide) groups is 1. The van der Waals surface area contributed by atoms with Crippen LogP contribution in [0.1, 0.15) is 44.6 Å². The summed E-state index contributed by atoms with van der Waals surface area (Å²) >= 11 is 2.14. The molecule has 1 aromatic rings. The summed E-state index contributed by atoms with van der Waals surface area (Å²) in [7, 11) is 0. The van der Waals surface area contributed by atoms with E-state index in [1.165, 1.54) is 49.0 Å². The zero-order valence-electron chi connectivity index (χ0n) is 10.7. The number of allylic oxidation sites excluding steroid dienone is 1. The second-order valence-electron chi connectivity index (χ2n) is 4.85. The van der Waals surface area contributed by atoms with E-state index in [2.05, 4.69) is 55.1 Å². The minimum absolute atomic E-state index is 0.920. The third-order valence-electron chi connectivity index (χ3n) is 3.50. The van der Waals surface area contributed by atoms with Crippen molar-refractivity contribution in [1.82, 2.24) is 0 Å². The summed E-state index contributed by atoms with van der Waals surface area (Å²) in [4.78, 5) is 0. The van der Waals surface area contributed by atoms with Crippen molar-refractivity contribution in [3.63, 3.8) is 0 Å². The van der Waals surface area contributed by atoms with E-state index in [4.69, 9.17) is 0 Å². The highest BCUT2D eigenvalue weighted by Crippen LogP contribution is 2.28. The van der Waals surface area contributed by atoms with Gasteiger partial charge in [-0.15, -0.1) is 0 Å². The molecule has 1 fully saturated rings. The predicted octanol–water partition coefficient (Wildman–Crippen LogP) is 5.16. The Kier molecular flexibility index (Phi) is 5.18. The largest absolute Gasteiger partial charge is 0.154 e. The van der Waals surface area contributed by atoms with Crippen molar-refractivity contribution in [2.24, 2.45) is 0 Å². The standard InChI is InChI=1S/C16H22S/c1-14(15-8-4-2-5-9-15)12-13-17-16-10-6-3-7-11-16/h2,4-5,8-9,12,16H,3,6-7,10-11,13H2,1H3/b14-12+. The summed E-state index contributed by atoms with van der Waals surface area (Å²) in [6, 6.07) is 10.7. The highest BCUT2D eigenvalue weighted by Gasteiger charge is 2.12. The summed E-state index contributed by atoms with van der Waals surface area (Å²) in [6.45, 7) is 2.22. The molecule has 0 atom stereocenters. The number of rotatable bonds is 4. The van der Waals surface area contributed by atoms with Crippen LogP contribution in [0.25, 0.3) is 5.57 Å². The minimum Gasteiger partial charge on any atom is -0.154 e. The Labute approximate surface area is 110 Å². The number of hydrogen-bond acceptors (Lipinski definition) is 1. The molecule has 0 aliphatic heterocycles. The Bertz CT molecular complexity index is 347. The van der Waals surface area contributed by atoms with Crippen LogP contribution in [0.15, 0.2) is 36.4 Å². The van der Waals surface area contributed by atoms with Crippen molar-refractivity contribution in [3.05, 3.63) is 42.0 Å². The van der Waals surface area contributed by atoms with Crippen molar-refractivity contribution >= 4 is 17.3 Å². The molecule has 92 valence electrons. The maximum Gasteiger partial charge on any atom is 0.0121 e. The fraction of sp³-hybridized carbons (Fsp3) is 0.500. The van der Waals surface area contributed by atoms with Gasteiger partial charge in [-0.2, -0.15) is 11.8 Å². The van der Waals surface area contributed by atoms with E-state index >= 15 is 0 Å². The third kappa shape index (κ3) is 4.23. The third-order valence-corrected chi connectivity index (χ3v) is 4.80. The highest BCUT2D eigenvalue weighted by molar-refractivity contribution is 8.00. The molecule has 0 N–H and O–H groups in total. The maximum atomic E-state index is 2.38. The van der Waals surface area contributed by atoms with Gasteiger partial charge in [0.1, 0.15) is 0 Å². The normalized spacial score (nSPS) is 18.3. The van der Waals surface area contributed by atoms with Crippen LogP contribution in [-0.4, -0.2) is 11.0 Å². The van der Waals surface area contributed by atoms with Crippen molar-refractivity contribution in [3.8, 4) is 0 Å². The number of hydrogen-bond donors (Lipinski definition) is 0. The van der Waals surface area contributed by atoms with Gasteiger partial charge in [0.25, 0.3) is 0 Å². The predicted molar refractivity (Wildman–Crippen MR) is 79.4 cm³/mol. The first-order valence-electron chi connectivity index (χ1n) is 6.70. The smallest absolute Gasteiger partial charge is 0.0121 e. The molecule has 0 aromatic heterocycles. The molecule has 17 heavy (non-hydrogen) atoms. The van der Waals surface area contributed by atoms with Crippen LogP contribution in [-0.2, 0) is 0 Å². The fourth-order valence-electron chi connectivity index (χ4n) is 2.36. The fourth-order valence-corrected chi connectivity index (χ4v) is 3.64. The second-order valence-corrected chi connectivity index (χ2v) is 6.18. The first kappa shape index (κ1) is 12.8. The van der Waals surface area contributed by atoms with E-state index in [1.807, 2.05) is 0 Å². The summed E-state index contributed by atoms with van der Waals surface area (Å²) in [6.07, 6.45) is 9.59. The molecular formula is C16H22S. The molecule has 1 heteroatoms. The second kappa shape index (κ2) is 6.90. The van der Waals surface area contributed by atoms with Crippen molar-refractivity contribution in [2.45, 2.75) is 44.3 Å². The van der Waals surface area contributed by atoms with Crippen molar-refractivity contribution in [1.29, 1.82) is 0 Å². The molecule has 0 nitrogen and oxygen atoms in total. The monoisotopic (exact) mass is 246 g/mol. The first-order chi connectivity index (χ1) is 8.36. The SMILES string of the molecule is C/C(=C\CSC1CCCCC1)c1ccccc1. The molecule has 1 aliphatic rings. The van der Waals surface area contributed by atoms with E-state index in [0.29, 0.717) is 0 Å². The summed E-state index contributed by atoms with van der Waals surface area (Å²) in [5.41, 5.74) is 2.77. The van der Waals surface area contributed by atoms with Crippen LogP contribution in [0, 0.1) is 0 Å². The number of benzene rings is 1. The van der Waals surface area contributed by atoms with E-state index in [0.717, 1.165) is 5.25 Å². The van der Waals surface area contributed by atoms with Crippen LogP contribution in [0.2, 0.25) is 0 Å². The van der Waals surface area contributed by atoms with Gasteiger partial charge in [-0.3, -0.25) is 0 Å². The van der Waals surface area contributed by atoms with E-state index in [-0.39, 0.29) is 0 Å². The Morgan fingerprint density at radius 3 is 2.59 bits per heavy atom. The summed E-state index contributed by atoms with van der Waals surface area (Å²) < 4.78 is 0. The van der Waals surface area contributed by atoms with E-state index in [1.54, 1.807) is 0 Å². The Morgan fingerprint density at radius 1 is 1.18 bits per heavy atom. The van der Waals surface area contributed by atoms with Crippen LogP contribution >= 0.6 is 11.8 Å². The minimum atomic E-state index is 0.920. The Hall–Kier alpha value is -0.690. The molecule has 0 spiro atoms. The topological polar surface area (TPSA) is 0 Å². The maximum absolute atomic E-state index is 2.38. The lowest BCUT2D eigenvalue weighted by Gasteiger charge is -2.20. The van der Waals surface area contributed by atoms with E-state index < -0.39 is 0 Å². The average molecular weight is 246 g/mol. The van der Waals surface area contributed by atoms with Crippen LogP contribution in [0.3, 0.4) is 0 Å². The molecule has 0 saturated heterocycles. The lowest BCUT2D eigenvalue weighted by atomic mass is 10.0. The Balaban J connectivity index is 1.80. The molecule has 1 saturated carbocycles. The lowest BCUT2D eigenvalue weighted by Crippen LogP contribution is -2.08. The van der Waals surface area contributed by atoms with Gasteiger partial charge in [-0.1, -0.05) is 55.7 Å². The van der Waals surface area contributed by atoms with Crippen molar-refractivity contribution < 1.29 is 0 Å². The summed E-state index contributed by atoms with van der Waals surface area (Å²) in [5, 5.41) is 0.920. The first-order valence-corrected chi connectivity index (χ1v) is 7.75. The Morgan fingerprint density at radius 2 is 1.88 bits per heavy atom. The average Bonchev–Trinajstić information content (AvgIpc) is 2.41. The van der Waals surface area contributed by atoms with Crippen LogP contribution in [0.4, 0.5) is 0 Å². The van der Waals surface area contributed by atoms with Gasteiger partial charge in [0.2, 0.25) is 0 Å². The van der Waals surface area contributed by atoms with Gasteiger partial charge in [-0.05, 0) is 30.9 Å². The van der Waals surface area contributed by atoms with Gasteiger partial charge >= 0.3 is 0 Å². The quantitative estimate of drug-likeness (QED) is 0.707. The van der Waals surface area contributed by atoms with Crippen LogP contribution < -0.4 is 0 Å². The molecular weight excluding hydrogens is 224 g/mol. The highest BCUT2D eigenvalue weighted by atomic mass is 32.2. The molecule has 0 unspecified atom stereocenters. The van der Waals surface area contributed by atoms with Gasteiger partial charge in [0.15, 0.2) is 0 Å². The zero-order valence-corrected chi connectivity index (χ0v) is 11.5. The molecule has 0 amide bonds. The van der Waals surface area contributed by atoms with Crippen LogP contribution in [0.5, 0.6) is 0 Å². The molecule has 0 heterocycles. The van der Waals surface area contributed by atoms with Crippen molar-refractivity contribution in [2.75, 3.05) is 5.75 Å². The molecule has 1 aromatic carbocycles. The summed E-state index contributed by atoms with van der Waals surface area (Å²) in [5.74, 6) is 1.17. The van der Waals surface area contributed by atoms with Gasteiger partial charge in [-0.25, -0.2) is 0 Å². The van der Waals surface area contributed by atoms with Gasteiger partial charge in [0.05, 0.1) is 0 Å². The zero-order chi connectivity index (χ0) is 11.9. The van der Waals surface area contributed by atoms with Gasteiger partial charge < -0.3 is 0 Å². The molecule has 0 radical (unpaired) electrons. The van der Waals surface area contributed by atoms with Gasteiger partial charge in [0, 0.05) is 11.0 Å².